The van der Waals surface area contributed by atoms with Crippen LogP contribution in [0.1, 0.15) is 33.6 Å². The van der Waals surface area contributed by atoms with E-state index in [1.165, 1.54) is 0 Å². The Labute approximate surface area is 80.1 Å². The lowest BCUT2D eigenvalue weighted by Gasteiger charge is -2.29. The van der Waals surface area contributed by atoms with Crippen LogP contribution in [0.15, 0.2) is 0 Å². The molecule has 1 atom stereocenters. The van der Waals surface area contributed by atoms with Crippen LogP contribution in [0.3, 0.4) is 0 Å². The second-order valence-corrected chi connectivity index (χ2v) is 3.91. The molecule has 0 aliphatic heterocycles. The topological polar surface area (TPSA) is 46.5 Å². The molecule has 0 aromatic carbocycles. The molecule has 0 rings (SSSR count). The van der Waals surface area contributed by atoms with E-state index < -0.39 is 11.4 Å². The fourth-order valence-electron chi connectivity index (χ4n) is 1.51. The average molecular weight is 188 g/mol. The van der Waals surface area contributed by atoms with Gasteiger partial charge < -0.3 is 9.84 Å². The maximum atomic E-state index is 10.9. The van der Waals surface area contributed by atoms with Crippen LogP contribution in [0.2, 0.25) is 0 Å². The molecule has 0 aliphatic carbocycles. The Morgan fingerprint density at radius 1 is 1.54 bits per heavy atom. The van der Waals surface area contributed by atoms with Gasteiger partial charge in [0.1, 0.15) is 0 Å². The molecule has 0 heterocycles. The van der Waals surface area contributed by atoms with Crippen molar-refractivity contribution in [2.45, 2.75) is 33.6 Å². The summed E-state index contributed by atoms with van der Waals surface area (Å²) in [5, 5.41) is 9.00. The first-order valence-corrected chi connectivity index (χ1v) is 4.69. The zero-order valence-electron chi connectivity index (χ0n) is 8.96. The van der Waals surface area contributed by atoms with Gasteiger partial charge in [0.15, 0.2) is 0 Å². The third kappa shape index (κ3) is 3.35. The van der Waals surface area contributed by atoms with E-state index in [1.54, 1.807) is 21.0 Å². The summed E-state index contributed by atoms with van der Waals surface area (Å²) in [5.41, 5.74) is -0.646. The Hall–Kier alpha value is -0.570. The summed E-state index contributed by atoms with van der Waals surface area (Å²) in [5.74, 6) is -0.541. The van der Waals surface area contributed by atoms with Crippen molar-refractivity contribution < 1.29 is 14.6 Å². The lowest BCUT2D eigenvalue weighted by atomic mass is 9.76. The minimum Gasteiger partial charge on any atom is -0.481 e. The number of methoxy groups -OCH3 is 1. The van der Waals surface area contributed by atoms with Gasteiger partial charge in [0.25, 0.3) is 0 Å². The number of rotatable bonds is 6. The maximum Gasteiger partial charge on any atom is 0.309 e. The molecule has 3 heteroatoms. The second-order valence-electron chi connectivity index (χ2n) is 3.91. The molecule has 13 heavy (non-hydrogen) atoms. The molecule has 0 saturated carbocycles. The van der Waals surface area contributed by atoms with E-state index >= 15 is 0 Å². The van der Waals surface area contributed by atoms with Crippen LogP contribution in [0, 0.1) is 11.3 Å². The van der Waals surface area contributed by atoms with Gasteiger partial charge >= 0.3 is 5.97 Å². The molecule has 1 N–H and O–H groups in total. The molecule has 78 valence electrons. The van der Waals surface area contributed by atoms with Gasteiger partial charge in [-0.2, -0.15) is 0 Å². The summed E-state index contributed by atoms with van der Waals surface area (Å²) >= 11 is 0. The van der Waals surface area contributed by atoms with Crippen molar-refractivity contribution in [2.75, 3.05) is 13.7 Å². The van der Waals surface area contributed by atoms with Gasteiger partial charge in [-0.3, -0.25) is 4.79 Å². The van der Waals surface area contributed by atoms with Crippen LogP contribution in [-0.2, 0) is 9.53 Å². The summed E-state index contributed by atoms with van der Waals surface area (Å²) in [6, 6.07) is 0. The minimum atomic E-state index is -0.726. The maximum absolute atomic E-state index is 10.9. The first-order valence-electron chi connectivity index (χ1n) is 4.69. The lowest BCUT2D eigenvalue weighted by molar-refractivity contribution is -0.150. The third-order valence-electron chi connectivity index (χ3n) is 2.74. The van der Waals surface area contributed by atoms with Crippen LogP contribution >= 0.6 is 0 Å². The number of aliphatic carboxylic acids is 1. The Bertz CT molecular complexity index is 164. The van der Waals surface area contributed by atoms with Gasteiger partial charge in [-0.1, -0.05) is 13.3 Å². The van der Waals surface area contributed by atoms with Crippen molar-refractivity contribution in [2.24, 2.45) is 11.3 Å². The van der Waals surface area contributed by atoms with Crippen LogP contribution in [-0.4, -0.2) is 24.8 Å². The highest BCUT2D eigenvalue weighted by Gasteiger charge is 2.35. The van der Waals surface area contributed by atoms with Crippen LogP contribution in [0.5, 0.6) is 0 Å². The molecule has 3 nitrogen and oxygen atoms in total. The molecule has 0 amide bonds. The first-order chi connectivity index (χ1) is 5.96. The predicted octanol–water partition coefficient (Wildman–Crippen LogP) is 2.16. The van der Waals surface area contributed by atoms with E-state index in [-0.39, 0.29) is 5.92 Å². The predicted molar refractivity (Wildman–Crippen MR) is 51.7 cm³/mol. The molecule has 0 aliphatic rings. The summed E-state index contributed by atoms with van der Waals surface area (Å²) in [7, 11) is 1.64. The van der Waals surface area contributed by atoms with E-state index in [1.807, 2.05) is 6.92 Å². The number of hydrogen-bond donors (Lipinski definition) is 1. The quantitative estimate of drug-likeness (QED) is 0.694. The number of hydrogen-bond acceptors (Lipinski definition) is 2. The molecule has 0 spiro atoms. The SMILES string of the molecule is CCC(CCOC)C(C)(C)C(=O)O. The van der Waals surface area contributed by atoms with Crippen molar-refractivity contribution in [3.63, 3.8) is 0 Å². The van der Waals surface area contributed by atoms with E-state index in [0.29, 0.717) is 6.61 Å². The molecular formula is C10H20O3. The summed E-state index contributed by atoms with van der Waals surface area (Å²) in [6.07, 6.45) is 1.69. The van der Waals surface area contributed by atoms with Crippen LogP contribution in [0.4, 0.5) is 0 Å². The summed E-state index contributed by atoms with van der Waals surface area (Å²) < 4.78 is 4.96. The van der Waals surface area contributed by atoms with Crippen molar-refractivity contribution >= 4 is 5.97 Å². The first kappa shape index (κ1) is 12.4. The highest BCUT2D eigenvalue weighted by atomic mass is 16.5. The van der Waals surface area contributed by atoms with E-state index in [4.69, 9.17) is 9.84 Å². The zero-order chi connectivity index (χ0) is 10.5. The standard InChI is InChI=1S/C10H20O3/c1-5-8(6-7-13-4)10(2,3)9(11)12/h8H,5-7H2,1-4H3,(H,11,12). The van der Waals surface area contributed by atoms with Gasteiger partial charge in [0.05, 0.1) is 5.41 Å². The van der Waals surface area contributed by atoms with Crippen molar-refractivity contribution in [3.05, 3.63) is 0 Å². The fraction of sp³-hybridized carbons (Fsp3) is 0.900. The van der Waals surface area contributed by atoms with Gasteiger partial charge in [-0.05, 0) is 26.2 Å². The minimum absolute atomic E-state index is 0.185. The number of carboxylic acids is 1. The normalized spacial score (nSPS) is 14.2. The highest BCUT2D eigenvalue weighted by molar-refractivity contribution is 5.73. The van der Waals surface area contributed by atoms with Crippen molar-refractivity contribution in [1.29, 1.82) is 0 Å². The third-order valence-corrected chi connectivity index (χ3v) is 2.74. The number of ether oxygens (including phenoxy) is 1. The van der Waals surface area contributed by atoms with Crippen molar-refractivity contribution in [1.82, 2.24) is 0 Å². The van der Waals surface area contributed by atoms with Crippen molar-refractivity contribution in [3.8, 4) is 0 Å². The molecule has 0 aromatic heterocycles. The molecule has 0 saturated heterocycles. The zero-order valence-corrected chi connectivity index (χ0v) is 8.96. The second kappa shape index (κ2) is 5.22. The molecule has 0 fully saturated rings. The fourth-order valence-corrected chi connectivity index (χ4v) is 1.51. The average Bonchev–Trinajstić information content (AvgIpc) is 2.05. The number of carbonyl (C=O) groups is 1. The van der Waals surface area contributed by atoms with Gasteiger partial charge in [0, 0.05) is 13.7 Å². The Morgan fingerprint density at radius 3 is 2.38 bits per heavy atom. The van der Waals surface area contributed by atoms with E-state index in [0.717, 1.165) is 12.8 Å². The number of carboxylic acid groups (broad SMARTS) is 1. The Morgan fingerprint density at radius 2 is 2.08 bits per heavy atom. The Balaban J connectivity index is 4.28. The van der Waals surface area contributed by atoms with Gasteiger partial charge in [-0.15, -0.1) is 0 Å². The summed E-state index contributed by atoms with van der Waals surface area (Å²) in [4.78, 5) is 10.9. The molecule has 0 aromatic rings. The summed E-state index contributed by atoms with van der Waals surface area (Å²) in [6.45, 7) is 6.21. The lowest BCUT2D eigenvalue weighted by Crippen LogP contribution is -2.33. The van der Waals surface area contributed by atoms with Gasteiger partial charge in [0.2, 0.25) is 0 Å². The molecular weight excluding hydrogens is 168 g/mol. The monoisotopic (exact) mass is 188 g/mol. The van der Waals surface area contributed by atoms with Crippen LogP contribution in [0.25, 0.3) is 0 Å². The van der Waals surface area contributed by atoms with Crippen LogP contribution < -0.4 is 0 Å². The van der Waals surface area contributed by atoms with E-state index in [9.17, 15) is 4.79 Å². The molecule has 1 unspecified atom stereocenters. The highest BCUT2D eigenvalue weighted by Crippen LogP contribution is 2.32. The molecule has 0 radical (unpaired) electrons. The van der Waals surface area contributed by atoms with Gasteiger partial charge in [-0.25, -0.2) is 0 Å². The smallest absolute Gasteiger partial charge is 0.309 e. The van der Waals surface area contributed by atoms with E-state index in [2.05, 4.69) is 0 Å². The largest absolute Gasteiger partial charge is 0.481 e. The molecule has 0 bridgehead atoms. The Kier molecular flexibility index (Phi) is 4.99.